The number of unbranched alkanes of at least 4 members (excludes halogenated alkanes) is 2. The van der Waals surface area contributed by atoms with Gasteiger partial charge < -0.3 is 9.84 Å². The van der Waals surface area contributed by atoms with Crippen molar-refractivity contribution in [3.05, 3.63) is 35.9 Å². The number of esters is 1. The van der Waals surface area contributed by atoms with Gasteiger partial charge in [-0.2, -0.15) is 4.72 Å². The number of ether oxygens (including phenoxy) is 1. The first-order valence-electron chi connectivity index (χ1n) is 7.20. The highest BCUT2D eigenvalue weighted by Gasteiger charge is 2.25. The van der Waals surface area contributed by atoms with Crippen LogP contribution in [0.5, 0.6) is 0 Å². The van der Waals surface area contributed by atoms with Crippen molar-refractivity contribution in [2.45, 2.75) is 31.7 Å². The van der Waals surface area contributed by atoms with Gasteiger partial charge in [0.2, 0.25) is 10.0 Å². The molecule has 1 aromatic carbocycles. The van der Waals surface area contributed by atoms with E-state index in [0.29, 0.717) is 24.8 Å². The monoisotopic (exact) mass is 343 g/mol. The molecule has 8 heteroatoms. The third-order valence-electron chi connectivity index (χ3n) is 3.20. The summed E-state index contributed by atoms with van der Waals surface area (Å²) < 4.78 is 30.7. The maximum absolute atomic E-state index is 12.0. The number of hydrogen-bond donors (Lipinski definition) is 2. The number of aliphatic carboxylic acids is 1. The summed E-state index contributed by atoms with van der Waals surface area (Å²) >= 11 is 0. The highest BCUT2D eigenvalue weighted by Crippen LogP contribution is 2.14. The van der Waals surface area contributed by atoms with Gasteiger partial charge in [-0.05, 0) is 18.4 Å². The molecule has 1 rings (SSSR count). The molecule has 0 aliphatic carbocycles. The lowest BCUT2D eigenvalue weighted by Crippen LogP contribution is -2.35. The van der Waals surface area contributed by atoms with Crippen molar-refractivity contribution in [3.63, 3.8) is 0 Å². The number of hydrogen-bond acceptors (Lipinski definition) is 5. The van der Waals surface area contributed by atoms with E-state index in [4.69, 9.17) is 0 Å². The molecule has 0 bridgehead atoms. The van der Waals surface area contributed by atoms with Crippen molar-refractivity contribution in [3.8, 4) is 0 Å². The molecule has 0 fully saturated rings. The summed E-state index contributed by atoms with van der Waals surface area (Å²) in [5.74, 6) is -1.78. The van der Waals surface area contributed by atoms with Crippen molar-refractivity contribution in [2.75, 3.05) is 12.9 Å². The minimum atomic E-state index is -3.73. The maximum atomic E-state index is 12.0. The largest absolute Gasteiger partial charge is 0.480 e. The van der Waals surface area contributed by atoms with E-state index in [1.807, 2.05) is 0 Å². The first-order chi connectivity index (χ1) is 10.9. The second-order valence-corrected chi connectivity index (χ2v) is 6.88. The fourth-order valence-electron chi connectivity index (χ4n) is 1.99. The maximum Gasteiger partial charge on any atom is 0.326 e. The molecule has 0 radical (unpaired) electrons. The minimum Gasteiger partial charge on any atom is -0.480 e. The van der Waals surface area contributed by atoms with Gasteiger partial charge in [-0.25, -0.2) is 8.42 Å². The van der Waals surface area contributed by atoms with E-state index in [1.165, 1.54) is 7.11 Å². The van der Waals surface area contributed by atoms with Crippen LogP contribution in [-0.2, 0) is 24.3 Å². The summed E-state index contributed by atoms with van der Waals surface area (Å²) in [7, 11) is -2.43. The fourth-order valence-corrected chi connectivity index (χ4v) is 3.28. The summed E-state index contributed by atoms with van der Waals surface area (Å²) in [4.78, 5) is 22.2. The molecular weight excluding hydrogens is 322 g/mol. The molecule has 1 atom stereocenters. The van der Waals surface area contributed by atoms with Crippen LogP contribution in [0.4, 0.5) is 0 Å². The van der Waals surface area contributed by atoms with Crippen LogP contribution >= 0.6 is 0 Å². The van der Waals surface area contributed by atoms with E-state index in [-0.39, 0.29) is 18.1 Å². The molecule has 0 aromatic heterocycles. The third kappa shape index (κ3) is 7.25. The molecule has 0 aliphatic rings. The van der Waals surface area contributed by atoms with Gasteiger partial charge in [0.15, 0.2) is 0 Å². The Morgan fingerprint density at radius 2 is 1.83 bits per heavy atom. The minimum absolute atomic E-state index is 0.190. The molecule has 1 aromatic rings. The lowest BCUT2D eigenvalue weighted by Gasteiger charge is -2.15. The molecule has 0 aliphatic heterocycles. The quantitative estimate of drug-likeness (QED) is 0.492. The summed E-state index contributed by atoms with van der Waals surface area (Å²) in [6, 6.07) is 6.81. The number of nitrogens with one attached hydrogen (secondary N) is 1. The highest BCUT2D eigenvalue weighted by atomic mass is 32.2. The first-order valence-corrected chi connectivity index (χ1v) is 8.85. The van der Waals surface area contributed by atoms with Gasteiger partial charge in [0.05, 0.1) is 12.9 Å². The Kier molecular flexibility index (Phi) is 7.70. The van der Waals surface area contributed by atoms with E-state index >= 15 is 0 Å². The molecule has 0 amide bonds. The predicted octanol–water partition coefficient (Wildman–Crippen LogP) is 1.47. The molecule has 0 saturated carbocycles. The number of methoxy groups -OCH3 is 1. The number of rotatable bonds is 10. The van der Waals surface area contributed by atoms with Crippen LogP contribution in [0.3, 0.4) is 0 Å². The zero-order valence-electron chi connectivity index (χ0n) is 12.9. The zero-order valence-corrected chi connectivity index (χ0v) is 13.7. The van der Waals surface area contributed by atoms with Crippen molar-refractivity contribution < 1.29 is 27.9 Å². The van der Waals surface area contributed by atoms with E-state index in [9.17, 15) is 23.1 Å². The first kappa shape index (κ1) is 19.1. The molecule has 0 unspecified atom stereocenters. The van der Waals surface area contributed by atoms with E-state index in [1.54, 1.807) is 30.3 Å². The number of carboxylic acid groups (broad SMARTS) is 1. The topological polar surface area (TPSA) is 110 Å². The fraction of sp³-hybridized carbons (Fsp3) is 0.467. The van der Waals surface area contributed by atoms with Crippen molar-refractivity contribution in [2.24, 2.45) is 0 Å². The van der Waals surface area contributed by atoms with E-state index in [0.717, 1.165) is 0 Å². The van der Waals surface area contributed by atoms with Gasteiger partial charge in [-0.1, -0.05) is 36.8 Å². The van der Waals surface area contributed by atoms with Gasteiger partial charge in [0, 0.05) is 6.42 Å². The molecule has 7 nitrogen and oxygen atoms in total. The van der Waals surface area contributed by atoms with Crippen LogP contribution < -0.4 is 4.72 Å². The van der Waals surface area contributed by atoms with Crippen LogP contribution in [-0.4, -0.2) is 38.3 Å². The second kappa shape index (κ2) is 9.26. The number of carboxylic acids is 1. The van der Waals surface area contributed by atoms with Gasteiger partial charge in [0.25, 0.3) is 0 Å². The van der Waals surface area contributed by atoms with Gasteiger partial charge in [0.1, 0.15) is 6.04 Å². The normalized spacial score (nSPS) is 12.6. The lowest BCUT2D eigenvalue weighted by molar-refractivity contribution is -0.141. The molecule has 0 heterocycles. The summed E-state index contributed by atoms with van der Waals surface area (Å²) in [5, 5.41) is 9.21. The summed E-state index contributed by atoms with van der Waals surface area (Å²) in [6.07, 6.45) is 1.65. The number of sulfonamides is 1. The average Bonchev–Trinajstić information content (AvgIpc) is 2.52. The molecule has 0 spiro atoms. The Bertz CT molecular complexity index is 614. The Balaban J connectivity index is 2.52. The lowest BCUT2D eigenvalue weighted by atomic mass is 10.1. The van der Waals surface area contributed by atoms with Crippen LogP contribution in [0, 0.1) is 0 Å². The predicted molar refractivity (Wildman–Crippen MR) is 84.2 cm³/mol. The van der Waals surface area contributed by atoms with Crippen LogP contribution in [0.2, 0.25) is 0 Å². The van der Waals surface area contributed by atoms with Crippen LogP contribution in [0.15, 0.2) is 30.3 Å². The standard InChI is InChI=1S/C15H21NO6S/c1-22-13(17)10-6-3-7-11-23(20,21)16-14(15(18)19)12-8-4-2-5-9-12/h2,4-5,8-9,14,16H,3,6-7,10-11H2,1H3,(H,18,19)/t14-/m0/s1. The molecule has 23 heavy (non-hydrogen) atoms. The highest BCUT2D eigenvalue weighted by molar-refractivity contribution is 7.89. The third-order valence-corrected chi connectivity index (χ3v) is 4.62. The zero-order chi connectivity index (χ0) is 17.3. The van der Waals surface area contributed by atoms with Crippen LogP contribution in [0.25, 0.3) is 0 Å². The van der Waals surface area contributed by atoms with Crippen molar-refractivity contribution >= 4 is 22.0 Å². The van der Waals surface area contributed by atoms with E-state index < -0.39 is 22.0 Å². The summed E-state index contributed by atoms with van der Waals surface area (Å²) in [5.41, 5.74) is 0.370. The Morgan fingerprint density at radius 3 is 2.39 bits per heavy atom. The molecular formula is C15H21NO6S. The summed E-state index contributed by atoms with van der Waals surface area (Å²) in [6.45, 7) is 0. The second-order valence-electron chi connectivity index (χ2n) is 5.01. The average molecular weight is 343 g/mol. The Morgan fingerprint density at radius 1 is 1.17 bits per heavy atom. The van der Waals surface area contributed by atoms with Gasteiger partial charge in [-0.15, -0.1) is 0 Å². The van der Waals surface area contributed by atoms with Crippen LogP contribution in [0.1, 0.15) is 37.3 Å². The Labute approximate surface area is 135 Å². The molecule has 128 valence electrons. The molecule has 0 saturated heterocycles. The SMILES string of the molecule is COC(=O)CCCCCS(=O)(=O)N[C@H](C(=O)O)c1ccccc1. The Hall–Kier alpha value is -1.93. The smallest absolute Gasteiger partial charge is 0.326 e. The molecule has 2 N–H and O–H groups in total. The number of carbonyl (C=O) groups excluding carboxylic acids is 1. The van der Waals surface area contributed by atoms with Crippen molar-refractivity contribution in [1.29, 1.82) is 0 Å². The van der Waals surface area contributed by atoms with Crippen molar-refractivity contribution in [1.82, 2.24) is 4.72 Å². The van der Waals surface area contributed by atoms with E-state index in [2.05, 4.69) is 9.46 Å². The van der Waals surface area contributed by atoms with Gasteiger partial charge in [-0.3, -0.25) is 9.59 Å². The number of benzene rings is 1. The van der Waals surface area contributed by atoms with Gasteiger partial charge >= 0.3 is 11.9 Å². The number of carbonyl (C=O) groups is 2.